The summed E-state index contributed by atoms with van der Waals surface area (Å²) in [4.78, 5) is 12.2. The molecule has 0 bridgehead atoms. The van der Waals surface area contributed by atoms with Crippen LogP contribution in [0.1, 0.15) is 30.5 Å². The quantitative estimate of drug-likeness (QED) is 0.815. The van der Waals surface area contributed by atoms with Gasteiger partial charge in [0.05, 0.1) is 13.2 Å². The van der Waals surface area contributed by atoms with Crippen molar-refractivity contribution in [2.75, 3.05) is 12.4 Å². The zero-order valence-electron chi connectivity index (χ0n) is 13.5. The molecule has 122 valence electrons. The number of urea groups is 1. The van der Waals surface area contributed by atoms with E-state index in [1.165, 1.54) is 0 Å². The molecule has 0 aliphatic heterocycles. The molecule has 0 spiro atoms. The monoisotopic (exact) mass is 332 g/mol. The summed E-state index contributed by atoms with van der Waals surface area (Å²) in [6.07, 6.45) is 0.786. The van der Waals surface area contributed by atoms with Crippen LogP contribution in [0.5, 0.6) is 5.75 Å². The van der Waals surface area contributed by atoms with Crippen LogP contribution < -0.4 is 15.4 Å². The fraction of sp³-hybridized carbons (Fsp3) is 0.278. The number of hydrogen-bond donors (Lipinski definition) is 2. The van der Waals surface area contributed by atoms with Crippen molar-refractivity contribution in [1.29, 1.82) is 0 Å². The first-order valence-corrected chi connectivity index (χ1v) is 7.89. The standard InChI is InChI=1S/C18H21ClN2O2/c1-4-16(13-8-9-17(23-3)12(2)10-13)21-18(22)20-15-7-5-6-14(19)11-15/h5-11,16H,4H2,1-3H3,(H2,20,21,22). The first-order valence-electron chi connectivity index (χ1n) is 7.51. The maximum Gasteiger partial charge on any atom is 0.319 e. The summed E-state index contributed by atoms with van der Waals surface area (Å²) < 4.78 is 5.27. The lowest BCUT2D eigenvalue weighted by Gasteiger charge is -2.19. The molecule has 5 heteroatoms. The van der Waals surface area contributed by atoms with Gasteiger partial charge in [-0.25, -0.2) is 4.79 Å². The molecule has 2 N–H and O–H groups in total. The zero-order valence-corrected chi connectivity index (χ0v) is 14.3. The number of amides is 2. The molecule has 1 atom stereocenters. The van der Waals surface area contributed by atoms with Gasteiger partial charge in [-0.2, -0.15) is 0 Å². The lowest BCUT2D eigenvalue weighted by Crippen LogP contribution is -2.32. The average Bonchev–Trinajstić information content (AvgIpc) is 2.52. The lowest BCUT2D eigenvalue weighted by atomic mass is 10.0. The lowest BCUT2D eigenvalue weighted by molar-refractivity contribution is 0.248. The fourth-order valence-electron chi connectivity index (χ4n) is 2.43. The zero-order chi connectivity index (χ0) is 16.8. The third-order valence-corrected chi connectivity index (χ3v) is 3.85. The van der Waals surface area contributed by atoms with Crippen molar-refractivity contribution in [2.45, 2.75) is 26.3 Å². The van der Waals surface area contributed by atoms with Gasteiger partial charge in [0, 0.05) is 10.7 Å². The van der Waals surface area contributed by atoms with Crippen molar-refractivity contribution in [3.63, 3.8) is 0 Å². The number of benzene rings is 2. The summed E-state index contributed by atoms with van der Waals surface area (Å²) in [6.45, 7) is 4.02. The number of carbonyl (C=O) groups excluding carboxylic acids is 1. The van der Waals surface area contributed by atoms with Gasteiger partial charge in [0.15, 0.2) is 0 Å². The van der Waals surface area contributed by atoms with Gasteiger partial charge in [0.1, 0.15) is 5.75 Å². The number of methoxy groups -OCH3 is 1. The number of halogens is 1. The van der Waals surface area contributed by atoms with E-state index in [2.05, 4.69) is 10.6 Å². The molecule has 0 saturated heterocycles. The number of rotatable bonds is 5. The number of anilines is 1. The Morgan fingerprint density at radius 3 is 2.65 bits per heavy atom. The summed E-state index contributed by atoms with van der Waals surface area (Å²) in [6, 6.07) is 12.7. The molecule has 23 heavy (non-hydrogen) atoms. The fourth-order valence-corrected chi connectivity index (χ4v) is 2.62. The highest BCUT2D eigenvalue weighted by Crippen LogP contribution is 2.24. The minimum absolute atomic E-state index is 0.0706. The summed E-state index contributed by atoms with van der Waals surface area (Å²) in [5.74, 6) is 0.840. The van der Waals surface area contributed by atoms with Crippen LogP contribution in [0.4, 0.5) is 10.5 Å². The largest absolute Gasteiger partial charge is 0.496 e. The number of carbonyl (C=O) groups is 1. The van der Waals surface area contributed by atoms with Crippen LogP contribution in [0.3, 0.4) is 0 Å². The maximum absolute atomic E-state index is 12.2. The van der Waals surface area contributed by atoms with Gasteiger partial charge in [-0.05, 0) is 48.7 Å². The summed E-state index contributed by atoms with van der Waals surface area (Å²) in [7, 11) is 1.65. The van der Waals surface area contributed by atoms with Gasteiger partial charge in [0.2, 0.25) is 0 Å². The van der Waals surface area contributed by atoms with Crippen LogP contribution in [-0.2, 0) is 0 Å². The van der Waals surface area contributed by atoms with Crippen molar-refractivity contribution in [3.05, 3.63) is 58.6 Å². The molecule has 0 heterocycles. The van der Waals surface area contributed by atoms with Crippen molar-refractivity contribution in [2.24, 2.45) is 0 Å². The maximum atomic E-state index is 12.2. The highest BCUT2D eigenvalue weighted by molar-refractivity contribution is 6.30. The second kappa shape index (κ2) is 7.88. The van der Waals surface area contributed by atoms with Crippen molar-refractivity contribution >= 4 is 23.3 Å². The minimum atomic E-state index is -0.257. The van der Waals surface area contributed by atoms with Gasteiger partial charge in [-0.3, -0.25) is 0 Å². The summed E-state index contributed by atoms with van der Waals surface area (Å²) in [5, 5.41) is 6.36. The van der Waals surface area contributed by atoms with Crippen LogP contribution in [0.15, 0.2) is 42.5 Å². The highest BCUT2D eigenvalue weighted by atomic mass is 35.5. The van der Waals surface area contributed by atoms with E-state index in [1.54, 1.807) is 31.4 Å². The molecular weight excluding hydrogens is 312 g/mol. The Morgan fingerprint density at radius 2 is 2.04 bits per heavy atom. The molecule has 0 aliphatic carbocycles. The van der Waals surface area contributed by atoms with E-state index >= 15 is 0 Å². The molecule has 0 fully saturated rings. The van der Waals surface area contributed by atoms with Crippen LogP contribution in [0, 0.1) is 6.92 Å². The van der Waals surface area contributed by atoms with Gasteiger partial charge in [-0.15, -0.1) is 0 Å². The van der Waals surface area contributed by atoms with Crippen LogP contribution >= 0.6 is 11.6 Å². The second-order valence-electron chi connectivity index (χ2n) is 5.30. The molecule has 2 aromatic carbocycles. The van der Waals surface area contributed by atoms with E-state index in [-0.39, 0.29) is 12.1 Å². The van der Waals surface area contributed by atoms with Gasteiger partial charge >= 0.3 is 6.03 Å². The number of nitrogens with one attached hydrogen (secondary N) is 2. The van der Waals surface area contributed by atoms with E-state index in [0.717, 1.165) is 23.3 Å². The number of aryl methyl sites for hydroxylation is 1. The molecule has 4 nitrogen and oxygen atoms in total. The highest BCUT2D eigenvalue weighted by Gasteiger charge is 2.14. The Hall–Kier alpha value is -2.20. The Bertz CT molecular complexity index is 688. The Labute approximate surface area is 141 Å². The van der Waals surface area contributed by atoms with Gasteiger partial charge in [0.25, 0.3) is 0 Å². The van der Waals surface area contributed by atoms with Crippen molar-refractivity contribution in [3.8, 4) is 5.75 Å². The van der Waals surface area contributed by atoms with E-state index < -0.39 is 0 Å². The van der Waals surface area contributed by atoms with E-state index in [0.29, 0.717) is 10.7 Å². The topological polar surface area (TPSA) is 50.4 Å². The number of hydrogen-bond acceptors (Lipinski definition) is 2. The first-order chi connectivity index (χ1) is 11.0. The molecule has 2 aromatic rings. The average molecular weight is 333 g/mol. The summed E-state index contributed by atoms with van der Waals surface area (Å²) >= 11 is 5.92. The Morgan fingerprint density at radius 1 is 1.26 bits per heavy atom. The van der Waals surface area contributed by atoms with Gasteiger partial charge < -0.3 is 15.4 Å². The molecule has 2 rings (SSSR count). The van der Waals surface area contributed by atoms with Crippen LogP contribution in [0.25, 0.3) is 0 Å². The van der Waals surface area contributed by atoms with E-state index in [9.17, 15) is 4.79 Å². The number of ether oxygens (including phenoxy) is 1. The molecule has 0 radical (unpaired) electrons. The minimum Gasteiger partial charge on any atom is -0.496 e. The molecule has 1 unspecified atom stereocenters. The first kappa shape index (κ1) is 17.2. The third-order valence-electron chi connectivity index (χ3n) is 3.62. The molecular formula is C18H21ClN2O2. The predicted octanol–water partition coefficient (Wildman–Crippen LogP) is 4.93. The SMILES string of the molecule is CCC(NC(=O)Nc1cccc(Cl)c1)c1ccc(OC)c(C)c1. The van der Waals surface area contributed by atoms with Crippen molar-refractivity contribution in [1.82, 2.24) is 5.32 Å². The van der Waals surface area contributed by atoms with Gasteiger partial charge in [-0.1, -0.05) is 36.7 Å². The smallest absolute Gasteiger partial charge is 0.319 e. The normalized spacial score (nSPS) is 11.7. The molecule has 2 amide bonds. The molecule has 0 aromatic heterocycles. The Kier molecular flexibility index (Phi) is 5.88. The van der Waals surface area contributed by atoms with Crippen LogP contribution in [0.2, 0.25) is 5.02 Å². The third kappa shape index (κ3) is 4.63. The molecule has 0 aliphatic rings. The predicted molar refractivity (Wildman–Crippen MR) is 94.4 cm³/mol. The van der Waals surface area contributed by atoms with E-state index in [4.69, 9.17) is 16.3 Å². The van der Waals surface area contributed by atoms with E-state index in [1.807, 2.05) is 32.0 Å². The summed E-state index contributed by atoms with van der Waals surface area (Å²) in [5.41, 5.74) is 2.75. The second-order valence-corrected chi connectivity index (χ2v) is 5.74. The Balaban J connectivity index is 2.06. The van der Waals surface area contributed by atoms with Crippen molar-refractivity contribution < 1.29 is 9.53 Å². The van der Waals surface area contributed by atoms with Crippen LogP contribution in [-0.4, -0.2) is 13.1 Å². The molecule has 0 saturated carbocycles.